The van der Waals surface area contributed by atoms with E-state index in [2.05, 4.69) is 50.3 Å². The van der Waals surface area contributed by atoms with Gasteiger partial charge >= 0.3 is 6.36 Å². The van der Waals surface area contributed by atoms with Crippen molar-refractivity contribution in [3.05, 3.63) is 66.4 Å². The van der Waals surface area contributed by atoms with Gasteiger partial charge in [-0.25, -0.2) is 4.98 Å². The van der Waals surface area contributed by atoms with E-state index in [1.54, 1.807) is 18.3 Å². The number of rotatable bonds is 8. The van der Waals surface area contributed by atoms with Crippen LogP contribution in [0.3, 0.4) is 0 Å². The Kier molecular flexibility index (Phi) is 7.56. The topological polar surface area (TPSA) is 50.5 Å². The van der Waals surface area contributed by atoms with Crippen LogP contribution in [0, 0.1) is 11.8 Å². The fourth-order valence-electron chi connectivity index (χ4n) is 7.22. The standard InChI is InChI=1S/C31H36F3N3O2/c32-31(33,34)39-26-15-11-22(12-16-26)29-19-35-30(38-29)36-27-9-5-4-8-23(27)18-24-10-13-25-14-17-28(24)37(25)20-21-6-2-1-3-7-21/h1-3,6-7,11-12,15-16,19,23-25,27-28H,4-5,8-10,13-14,17-18,20H2,(H,35,36)/t23-,24?,25?,27+,28?/m0/s1. The lowest BCUT2D eigenvalue weighted by molar-refractivity contribution is -0.274. The molecule has 2 saturated heterocycles. The zero-order chi connectivity index (χ0) is 26.8. The van der Waals surface area contributed by atoms with Crippen LogP contribution in [0.4, 0.5) is 19.2 Å². The number of aromatic nitrogens is 1. The maximum absolute atomic E-state index is 12.5. The lowest BCUT2D eigenvalue weighted by Crippen LogP contribution is -2.46. The zero-order valence-electron chi connectivity index (χ0n) is 22.1. The van der Waals surface area contributed by atoms with Gasteiger partial charge in [0.1, 0.15) is 5.75 Å². The molecule has 1 N–H and O–H groups in total. The number of hydrogen-bond donors (Lipinski definition) is 1. The van der Waals surface area contributed by atoms with Gasteiger partial charge in [0.15, 0.2) is 5.76 Å². The van der Waals surface area contributed by atoms with Gasteiger partial charge in [-0.15, -0.1) is 13.2 Å². The Hall–Kier alpha value is -3.00. The van der Waals surface area contributed by atoms with Crippen molar-refractivity contribution in [1.82, 2.24) is 9.88 Å². The Labute approximate surface area is 227 Å². The van der Waals surface area contributed by atoms with E-state index >= 15 is 0 Å². The summed E-state index contributed by atoms with van der Waals surface area (Å²) in [5.74, 6) is 1.56. The van der Waals surface area contributed by atoms with E-state index in [0.29, 0.717) is 35.3 Å². The summed E-state index contributed by atoms with van der Waals surface area (Å²) >= 11 is 0. The molecule has 0 radical (unpaired) electrons. The third-order valence-electron chi connectivity index (χ3n) is 9.02. The number of nitrogens with zero attached hydrogens (tertiary/aromatic N) is 2. The lowest BCUT2D eigenvalue weighted by atomic mass is 9.75. The molecule has 8 heteroatoms. The molecule has 2 aliphatic heterocycles. The monoisotopic (exact) mass is 539 g/mol. The fourth-order valence-corrected chi connectivity index (χ4v) is 7.22. The number of piperidine rings is 1. The van der Waals surface area contributed by atoms with Gasteiger partial charge in [-0.05, 0) is 86.6 Å². The maximum atomic E-state index is 12.5. The second-order valence-corrected chi connectivity index (χ2v) is 11.4. The minimum atomic E-state index is -4.71. The molecule has 208 valence electrons. The number of ether oxygens (including phenoxy) is 1. The summed E-state index contributed by atoms with van der Waals surface area (Å²) in [5, 5.41) is 3.58. The van der Waals surface area contributed by atoms with Gasteiger partial charge in [0, 0.05) is 30.2 Å². The summed E-state index contributed by atoms with van der Waals surface area (Å²) in [6, 6.07) is 18.7. The average Bonchev–Trinajstić information content (AvgIpc) is 3.49. The first-order chi connectivity index (χ1) is 18.9. The summed E-state index contributed by atoms with van der Waals surface area (Å²) in [5.41, 5.74) is 2.07. The Bertz CT molecular complexity index is 1210. The van der Waals surface area contributed by atoms with E-state index < -0.39 is 6.36 Å². The van der Waals surface area contributed by atoms with Crippen molar-refractivity contribution in [2.24, 2.45) is 11.8 Å². The van der Waals surface area contributed by atoms with Crippen molar-refractivity contribution in [2.45, 2.75) is 88.8 Å². The SMILES string of the molecule is FC(F)(F)Oc1ccc(-c2cnc(N[C@@H]3CCCC[C@H]3CC3CCC4CCC3N4Cc3ccccc3)o2)cc1. The Morgan fingerprint density at radius 3 is 2.46 bits per heavy atom. The molecule has 3 aromatic rings. The van der Waals surface area contributed by atoms with Gasteiger partial charge in [-0.3, -0.25) is 4.90 Å². The van der Waals surface area contributed by atoms with Gasteiger partial charge in [0.25, 0.3) is 6.01 Å². The molecule has 3 heterocycles. The van der Waals surface area contributed by atoms with Gasteiger partial charge in [-0.2, -0.15) is 0 Å². The predicted octanol–water partition coefficient (Wildman–Crippen LogP) is 8.04. The van der Waals surface area contributed by atoms with Crippen molar-refractivity contribution in [2.75, 3.05) is 5.32 Å². The van der Waals surface area contributed by atoms with Crippen molar-refractivity contribution >= 4 is 6.01 Å². The summed E-state index contributed by atoms with van der Waals surface area (Å²) in [4.78, 5) is 7.24. The molecule has 2 aromatic carbocycles. The number of alkyl halides is 3. The third-order valence-corrected chi connectivity index (χ3v) is 9.02. The highest BCUT2D eigenvalue weighted by molar-refractivity contribution is 5.58. The number of anilines is 1. The van der Waals surface area contributed by atoms with Crippen LogP contribution < -0.4 is 10.1 Å². The first-order valence-electron chi connectivity index (χ1n) is 14.3. The highest BCUT2D eigenvalue weighted by Gasteiger charge is 2.43. The molecular formula is C31H36F3N3O2. The van der Waals surface area contributed by atoms with Crippen molar-refractivity contribution in [1.29, 1.82) is 0 Å². The highest BCUT2D eigenvalue weighted by atomic mass is 19.4. The van der Waals surface area contributed by atoms with Crippen molar-refractivity contribution in [3.8, 4) is 17.1 Å². The van der Waals surface area contributed by atoms with E-state index in [0.717, 1.165) is 24.9 Å². The lowest BCUT2D eigenvalue weighted by Gasteiger charge is -2.43. The van der Waals surface area contributed by atoms with E-state index in [1.165, 1.54) is 69.1 Å². The van der Waals surface area contributed by atoms with Crippen LogP contribution in [0.1, 0.15) is 63.4 Å². The number of hydrogen-bond acceptors (Lipinski definition) is 5. The summed E-state index contributed by atoms with van der Waals surface area (Å²) < 4.78 is 47.3. The molecule has 6 rings (SSSR count). The van der Waals surface area contributed by atoms with Crippen LogP contribution in [0.2, 0.25) is 0 Å². The molecule has 5 nitrogen and oxygen atoms in total. The normalized spacial score (nSPS) is 27.4. The zero-order valence-corrected chi connectivity index (χ0v) is 22.1. The van der Waals surface area contributed by atoms with Crippen molar-refractivity contribution in [3.63, 3.8) is 0 Å². The van der Waals surface area contributed by atoms with E-state index in [-0.39, 0.29) is 5.75 Å². The van der Waals surface area contributed by atoms with E-state index in [4.69, 9.17) is 4.42 Å². The molecule has 5 atom stereocenters. The summed E-state index contributed by atoms with van der Waals surface area (Å²) in [6.07, 6.45) is 8.17. The second-order valence-electron chi connectivity index (χ2n) is 11.4. The van der Waals surface area contributed by atoms with Crippen LogP contribution in [-0.2, 0) is 6.54 Å². The largest absolute Gasteiger partial charge is 0.573 e. The molecule has 3 unspecified atom stereocenters. The minimum Gasteiger partial charge on any atom is -0.424 e. The van der Waals surface area contributed by atoms with Gasteiger partial charge in [-0.1, -0.05) is 43.2 Å². The van der Waals surface area contributed by atoms with Gasteiger partial charge in [0.05, 0.1) is 6.20 Å². The number of nitrogens with one attached hydrogen (secondary N) is 1. The van der Waals surface area contributed by atoms with Crippen LogP contribution in [0.5, 0.6) is 5.75 Å². The molecule has 1 aromatic heterocycles. The maximum Gasteiger partial charge on any atom is 0.573 e. The Morgan fingerprint density at radius 1 is 0.897 bits per heavy atom. The first-order valence-corrected chi connectivity index (χ1v) is 14.3. The Balaban J connectivity index is 1.09. The molecule has 2 bridgehead atoms. The van der Waals surface area contributed by atoms with Gasteiger partial charge < -0.3 is 14.5 Å². The van der Waals surface area contributed by atoms with Crippen LogP contribution >= 0.6 is 0 Å². The molecule has 1 saturated carbocycles. The summed E-state index contributed by atoms with van der Waals surface area (Å²) in [6.45, 7) is 1.06. The summed E-state index contributed by atoms with van der Waals surface area (Å²) in [7, 11) is 0. The smallest absolute Gasteiger partial charge is 0.424 e. The van der Waals surface area contributed by atoms with E-state index in [9.17, 15) is 13.2 Å². The number of halogens is 3. The quantitative estimate of drug-likeness (QED) is 0.314. The molecule has 1 aliphatic carbocycles. The first kappa shape index (κ1) is 26.2. The van der Waals surface area contributed by atoms with Crippen LogP contribution in [-0.4, -0.2) is 34.4 Å². The third kappa shape index (κ3) is 6.26. The molecule has 39 heavy (non-hydrogen) atoms. The molecule has 0 spiro atoms. The van der Waals surface area contributed by atoms with Crippen molar-refractivity contribution < 1.29 is 22.3 Å². The Morgan fingerprint density at radius 2 is 1.67 bits per heavy atom. The van der Waals surface area contributed by atoms with E-state index in [1.807, 2.05) is 0 Å². The predicted molar refractivity (Wildman–Crippen MR) is 144 cm³/mol. The number of fused-ring (bicyclic) bond motifs is 2. The molecule has 3 aliphatic rings. The second kappa shape index (κ2) is 11.2. The fraction of sp³-hybridized carbons (Fsp3) is 0.516. The molecular weight excluding hydrogens is 503 g/mol. The highest BCUT2D eigenvalue weighted by Crippen LogP contribution is 2.44. The molecule has 0 amide bonds. The molecule has 3 fully saturated rings. The van der Waals surface area contributed by atoms with Gasteiger partial charge in [0.2, 0.25) is 0 Å². The minimum absolute atomic E-state index is 0.257. The van der Waals surface area contributed by atoms with Crippen LogP contribution in [0.15, 0.2) is 65.2 Å². The number of oxazole rings is 1. The average molecular weight is 540 g/mol. The number of benzene rings is 2. The van der Waals surface area contributed by atoms with Crippen LogP contribution in [0.25, 0.3) is 11.3 Å².